The van der Waals surface area contributed by atoms with E-state index >= 15 is 0 Å². The van der Waals surface area contributed by atoms with Crippen LogP contribution in [0.4, 0.5) is 0 Å². The highest BCUT2D eigenvalue weighted by molar-refractivity contribution is 7.89. The number of hydrogen-bond acceptors (Lipinski definition) is 5. The molecule has 1 atom stereocenters. The second-order valence-electron chi connectivity index (χ2n) is 6.55. The fraction of sp³-hybridized carbons (Fsp3) is 0.400. The van der Waals surface area contributed by atoms with Gasteiger partial charge in [-0.05, 0) is 62.3 Å². The Hall–Kier alpha value is -2.09. The molecule has 7 heteroatoms. The third kappa shape index (κ3) is 4.80. The van der Waals surface area contributed by atoms with Crippen molar-refractivity contribution in [2.45, 2.75) is 30.2 Å². The van der Waals surface area contributed by atoms with Gasteiger partial charge >= 0.3 is 0 Å². The van der Waals surface area contributed by atoms with Crippen LogP contribution in [-0.4, -0.2) is 41.8 Å². The van der Waals surface area contributed by atoms with Gasteiger partial charge in [0.25, 0.3) is 0 Å². The Morgan fingerprint density at radius 2 is 1.93 bits per heavy atom. The van der Waals surface area contributed by atoms with Crippen LogP contribution in [0.3, 0.4) is 0 Å². The molecule has 0 saturated carbocycles. The lowest BCUT2D eigenvalue weighted by molar-refractivity contribution is 0.239. The normalized spacial score (nSPS) is 17.5. The van der Waals surface area contributed by atoms with Crippen molar-refractivity contribution in [3.63, 3.8) is 0 Å². The minimum absolute atomic E-state index is 0.199. The van der Waals surface area contributed by atoms with E-state index in [-0.39, 0.29) is 4.90 Å². The van der Waals surface area contributed by atoms with E-state index in [9.17, 15) is 8.42 Å². The van der Waals surface area contributed by atoms with Crippen LogP contribution in [0, 0.1) is 0 Å². The predicted octanol–water partition coefficient (Wildman–Crippen LogP) is 2.79. The van der Waals surface area contributed by atoms with Crippen LogP contribution >= 0.6 is 0 Å². The van der Waals surface area contributed by atoms with Gasteiger partial charge in [-0.2, -0.15) is 0 Å². The van der Waals surface area contributed by atoms with Crippen molar-refractivity contribution in [2.75, 3.05) is 27.3 Å². The van der Waals surface area contributed by atoms with Gasteiger partial charge in [0.15, 0.2) is 0 Å². The van der Waals surface area contributed by atoms with Crippen molar-refractivity contribution in [3.05, 3.63) is 42.5 Å². The van der Waals surface area contributed by atoms with Gasteiger partial charge in [-0.25, -0.2) is 13.1 Å². The smallest absolute Gasteiger partial charge is 0.240 e. The van der Waals surface area contributed by atoms with Crippen LogP contribution in [0.5, 0.6) is 11.5 Å². The van der Waals surface area contributed by atoms with Gasteiger partial charge in [0.1, 0.15) is 18.1 Å². The molecule has 1 fully saturated rings. The lowest BCUT2D eigenvalue weighted by atomic mass is 10.0. The third-order valence-electron chi connectivity index (χ3n) is 4.78. The Bertz CT molecular complexity index is 860. The number of nitrogens with one attached hydrogen (secondary N) is 2. The molecule has 1 heterocycles. The van der Waals surface area contributed by atoms with Crippen LogP contribution in [-0.2, 0) is 10.0 Å². The molecule has 2 aromatic rings. The van der Waals surface area contributed by atoms with E-state index in [2.05, 4.69) is 10.0 Å². The average molecular weight is 391 g/mol. The Labute approximate surface area is 160 Å². The fourth-order valence-corrected chi connectivity index (χ4v) is 3.95. The highest BCUT2D eigenvalue weighted by Crippen LogP contribution is 2.33. The first kappa shape index (κ1) is 19.7. The molecule has 1 aliphatic rings. The Balaban J connectivity index is 1.78. The van der Waals surface area contributed by atoms with Crippen LogP contribution in [0.1, 0.15) is 19.3 Å². The van der Waals surface area contributed by atoms with Gasteiger partial charge < -0.3 is 14.8 Å². The zero-order valence-corrected chi connectivity index (χ0v) is 16.5. The molecular weight excluding hydrogens is 364 g/mol. The Kier molecular flexibility index (Phi) is 6.36. The van der Waals surface area contributed by atoms with E-state index in [0.717, 1.165) is 24.3 Å². The molecular formula is C20H26N2O4S. The summed E-state index contributed by atoms with van der Waals surface area (Å²) in [5.74, 6) is 1.41. The van der Waals surface area contributed by atoms with Crippen LogP contribution in [0.15, 0.2) is 47.4 Å². The lowest BCUT2D eigenvalue weighted by Gasteiger charge is -2.23. The van der Waals surface area contributed by atoms with Crippen molar-refractivity contribution in [1.29, 1.82) is 0 Å². The zero-order chi connectivity index (χ0) is 19.3. The summed E-state index contributed by atoms with van der Waals surface area (Å²) in [5.41, 5.74) is 1.58. The monoisotopic (exact) mass is 390 g/mol. The SMILES string of the molecule is CNS(=O)(=O)c1ccc(OC)c(-c2ccc(OCC3CCCCN3)cc2)c1. The standard InChI is InChI=1S/C20H26N2O4S/c1-21-27(23,24)18-10-11-20(25-2)19(13-18)15-6-8-17(9-7-15)26-14-16-5-3-4-12-22-16/h6-11,13,16,21-22H,3-5,12,14H2,1-2H3. The summed E-state index contributed by atoms with van der Waals surface area (Å²) >= 11 is 0. The minimum atomic E-state index is -3.52. The number of rotatable bonds is 7. The van der Waals surface area contributed by atoms with Gasteiger partial charge in [0.2, 0.25) is 10.0 Å². The molecule has 6 nitrogen and oxygen atoms in total. The Morgan fingerprint density at radius 3 is 2.56 bits per heavy atom. The van der Waals surface area contributed by atoms with Crippen molar-refractivity contribution in [1.82, 2.24) is 10.0 Å². The largest absolute Gasteiger partial charge is 0.496 e. The van der Waals surface area contributed by atoms with Gasteiger partial charge in [-0.3, -0.25) is 0 Å². The molecule has 1 unspecified atom stereocenters. The van der Waals surface area contributed by atoms with E-state index in [0.29, 0.717) is 24.0 Å². The maximum atomic E-state index is 12.1. The number of methoxy groups -OCH3 is 1. The molecule has 3 rings (SSSR count). The van der Waals surface area contributed by atoms with Crippen LogP contribution < -0.4 is 19.5 Å². The third-order valence-corrected chi connectivity index (χ3v) is 6.19. The van der Waals surface area contributed by atoms with E-state index in [1.807, 2.05) is 24.3 Å². The highest BCUT2D eigenvalue weighted by atomic mass is 32.2. The summed E-state index contributed by atoms with van der Waals surface area (Å²) in [6.45, 7) is 1.71. The Morgan fingerprint density at radius 1 is 1.15 bits per heavy atom. The van der Waals surface area contributed by atoms with Crippen molar-refractivity contribution in [2.24, 2.45) is 0 Å². The van der Waals surface area contributed by atoms with Crippen molar-refractivity contribution in [3.8, 4) is 22.6 Å². The van der Waals surface area contributed by atoms with Gasteiger partial charge in [-0.15, -0.1) is 0 Å². The summed E-state index contributed by atoms with van der Waals surface area (Å²) in [7, 11) is -0.556. The molecule has 27 heavy (non-hydrogen) atoms. The number of benzene rings is 2. The summed E-state index contributed by atoms with van der Waals surface area (Å²) in [5, 5.41) is 3.46. The molecule has 0 bridgehead atoms. The molecule has 1 aliphatic heterocycles. The number of piperidine rings is 1. The van der Waals surface area contributed by atoms with Crippen molar-refractivity contribution < 1.29 is 17.9 Å². The topological polar surface area (TPSA) is 76.7 Å². The zero-order valence-electron chi connectivity index (χ0n) is 15.7. The lowest BCUT2D eigenvalue weighted by Crippen LogP contribution is -2.38. The number of hydrogen-bond donors (Lipinski definition) is 2. The molecule has 146 valence electrons. The van der Waals surface area contributed by atoms with E-state index < -0.39 is 10.0 Å². The predicted molar refractivity (Wildman–Crippen MR) is 106 cm³/mol. The first-order valence-corrected chi connectivity index (χ1v) is 10.6. The fourth-order valence-electron chi connectivity index (χ4n) is 3.19. The van der Waals surface area contributed by atoms with E-state index in [1.165, 1.54) is 26.0 Å². The quantitative estimate of drug-likeness (QED) is 0.760. The molecule has 2 aromatic carbocycles. The molecule has 0 amide bonds. The molecule has 0 aromatic heterocycles. The van der Waals surface area contributed by atoms with Gasteiger partial charge in [0.05, 0.1) is 12.0 Å². The molecule has 2 N–H and O–H groups in total. The number of ether oxygens (including phenoxy) is 2. The van der Waals surface area contributed by atoms with Crippen LogP contribution in [0.2, 0.25) is 0 Å². The first-order chi connectivity index (χ1) is 13.0. The van der Waals surface area contributed by atoms with Crippen molar-refractivity contribution >= 4 is 10.0 Å². The van der Waals surface area contributed by atoms with E-state index in [1.54, 1.807) is 19.2 Å². The first-order valence-electron chi connectivity index (χ1n) is 9.11. The summed E-state index contributed by atoms with van der Waals surface area (Å²) < 4.78 is 37.8. The maximum absolute atomic E-state index is 12.1. The summed E-state index contributed by atoms with van der Waals surface area (Å²) in [6, 6.07) is 12.8. The van der Waals surface area contributed by atoms with Crippen LogP contribution in [0.25, 0.3) is 11.1 Å². The molecule has 1 saturated heterocycles. The minimum Gasteiger partial charge on any atom is -0.496 e. The number of sulfonamides is 1. The second-order valence-corrected chi connectivity index (χ2v) is 8.44. The van der Waals surface area contributed by atoms with Gasteiger partial charge in [0, 0.05) is 11.6 Å². The summed E-state index contributed by atoms with van der Waals surface area (Å²) in [6.07, 6.45) is 3.61. The molecule has 0 radical (unpaired) electrons. The maximum Gasteiger partial charge on any atom is 0.240 e. The molecule has 0 aliphatic carbocycles. The van der Waals surface area contributed by atoms with Gasteiger partial charge in [-0.1, -0.05) is 18.6 Å². The van der Waals surface area contributed by atoms with E-state index in [4.69, 9.17) is 9.47 Å². The molecule has 0 spiro atoms. The highest BCUT2D eigenvalue weighted by Gasteiger charge is 2.16. The second kappa shape index (κ2) is 8.73. The summed E-state index contributed by atoms with van der Waals surface area (Å²) in [4.78, 5) is 0.199. The average Bonchev–Trinajstić information content (AvgIpc) is 2.73.